The van der Waals surface area contributed by atoms with Crippen molar-refractivity contribution in [2.75, 3.05) is 38.0 Å². The minimum atomic E-state index is 0.567. The summed E-state index contributed by atoms with van der Waals surface area (Å²) in [6.07, 6.45) is 7.71. The van der Waals surface area contributed by atoms with Gasteiger partial charge in [0.1, 0.15) is 0 Å². The van der Waals surface area contributed by atoms with Crippen molar-refractivity contribution in [3.63, 3.8) is 0 Å². The Morgan fingerprint density at radius 2 is 2.22 bits per heavy atom. The molecule has 0 aliphatic carbocycles. The molecule has 2 aliphatic heterocycles. The van der Waals surface area contributed by atoms with E-state index in [0.717, 1.165) is 5.92 Å². The fraction of sp³-hybridized carbons (Fsp3) is 0.526. The van der Waals surface area contributed by atoms with Gasteiger partial charge in [0, 0.05) is 42.6 Å². The average Bonchev–Trinajstić information content (AvgIpc) is 3.08. The molecule has 4 rings (SSSR count). The molecule has 2 aromatic rings. The number of likely N-dealkylation sites (tertiary alicyclic amines) is 1. The lowest BCUT2D eigenvalue weighted by molar-refractivity contribution is 0.190. The summed E-state index contributed by atoms with van der Waals surface area (Å²) >= 11 is 0. The molecule has 2 fully saturated rings. The summed E-state index contributed by atoms with van der Waals surface area (Å²) in [5.41, 5.74) is 1.23. The summed E-state index contributed by atoms with van der Waals surface area (Å²) in [4.78, 5) is 6.84. The fourth-order valence-corrected chi connectivity index (χ4v) is 3.98. The van der Waals surface area contributed by atoms with E-state index >= 15 is 0 Å². The van der Waals surface area contributed by atoms with Crippen LogP contribution in [0.4, 0.5) is 5.69 Å². The lowest BCUT2D eigenvalue weighted by Crippen LogP contribution is -2.44. The van der Waals surface area contributed by atoms with Crippen LogP contribution in [0.5, 0.6) is 0 Å². The Balaban J connectivity index is 1.38. The van der Waals surface area contributed by atoms with Gasteiger partial charge in [-0.3, -0.25) is 4.98 Å². The van der Waals surface area contributed by atoms with E-state index in [9.17, 15) is 0 Å². The van der Waals surface area contributed by atoms with Gasteiger partial charge in [0.25, 0.3) is 0 Å². The van der Waals surface area contributed by atoms with Crippen molar-refractivity contribution in [1.29, 1.82) is 0 Å². The quantitative estimate of drug-likeness (QED) is 0.911. The Hall–Kier alpha value is -1.65. The van der Waals surface area contributed by atoms with Gasteiger partial charge < -0.3 is 15.5 Å². The lowest BCUT2D eigenvalue weighted by Gasteiger charge is -2.35. The number of benzene rings is 1. The third-order valence-corrected chi connectivity index (χ3v) is 5.20. The molecular weight excluding hydrogens is 284 g/mol. The second-order valence-electron chi connectivity index (χ2n) is 7.04. The highest BCUT2D eigenvalue weighted by atomic mass is 15.2. The van der Waals surface area contributed by atoms with Crippen LogP contribution >= 0.6 is 0 Å². The second kappa shape index (κ2) is 6.85. The van der Waals surface area contributed by atoms with E-state index in [0.29, 0.717) is 6.04 Å². The van der Waals surface area contributed by atoms with Crippen LogP contribution in [0.1, 0.15) is 19.3 Å². The number of nitrogens with zero attached hydrogens (tertiary/aromatic N) is 2. The minimum absolute atomic E-state index is 0.567. The van der Waals surface area contributed by atoms with E-state index in [1.807, 2.05) is 12.4 Å². The van der Waals surface area contributed by atoms with Crippen molar-refractivity contribution >= 4 is 16.5 Å². The minimum Gasteiger partial charge on any atom is -0.381 e. The Kier molecular flexibility index (Phi) is 4.44. The van der Waals surface area contributed by atoms with Crippen LogP contribution in [0.15, 0.2) is 36.7 Å². The maximum Gasteiger partial charge on any atom is 0.0388 e. The van der Waals surface area contributed by atoms with Gasteiger partial charge in [-0.05, 0) is 68.4 Å². The van der Waals surface area contributed by atoms with Gasteiger partial charge in [0.05, 0.1) is 0 Å². The molecule has 2 atom stereocenters. The SMILES string of the molecule is c1cc2cc(N[C@@H]3CCCN(CC4CCNC4)C3)ccc2cn1. The number of hydrogen-bond donors (Lipinski definition) is 2. The Labute approximate surface area is 138 Å². The van der Waals surface area contributed by atoms with E-state index in [1.165, 1.54) is 68.4 Å². The number of piperidine rings is 1. The molecule has 3 heterocycles. The van der Waals surface area contributed by atoms with Gasteiger partial charge in [-0.15, -0.1) is 0 Å². The lowest BCUT2D eigenvalue weighted by atomic mass is 10.0. The largest absolute Gasteiger partial charge is 0.381 e. The van der Waals surface area contributed by atoms with Crippen LogP contribution in [0, 0.1) is 5.92 Å². The molecular formula is C19H26N4. The first-order valence-electron chi connectivity index (χ1n) is 8.90. The molecule has 0 spiro atoms. The fourth-order valence-electron chi connectivity index (χ4n) is 3.98. The molecule has 0 saturated carbocycles. The first-order valence-corrected chi connectivity index (χ1v) is 8.90. The Morgan fingerprint density at radius 3 is 3.13 bits per heavy atom. The summed E-state index contributed by atoms with van der Waals surface area (Å²) in [6.45, 7) is 6.09. The molecule has 4 heteroatoms. The van der Waals surface area contributed by atoms with Crippen molar-refractivity contribution in [1.82, 2.24) is 15.2 Å². The van der Waals surface area contributed by atoms with Gasteiger partial charge in [0.15, 0.2) is 0 Å². The maximum atomic E-state index is 4.18. The van der Waals surface area contributed by atoms with E-state index in [-0.39, 0.29) is 0 Å². The molecule has 122 valence electrons. The molecule has 23 heavy (non-hydrogen) atoms. The smallest absolute Gasteiger partial charge is 0.0388 e. The number of aromatic nitrogens is 1. The van der Waals surface area contributed by atoms with Crippen LogP contribution < -0.4 is 10.6 Å². The molecule has 1 unspecified atom stereocenters. The number of anilines is 1. The molecule has 1 aromatic carbocycles. The standard InChI is InChI=1S/C19H26N4/c1-2-19(14-23(9-1)13-15-5-7-20-11-15)22-18-4-3-17-12-21-8-6-16(17)10-18/h3-4,6,8,10,12,15,19-20,22H,1-2,5,7,9,11,13-14H2/t15?,19-/m1/s1. The van der Waals surface area contributed by atoms with Crippen LogP contribution in [0.25, 0.3) is 10.8 Å². The third kappa shape index (κ3) is 3.65. The zero-order valence-electron chi connectivity index (χ0n) is 13.7. The van der Waals surface area contributed by atoms with Crippen molar-refractivity contribution in [3.05, 3.63) is 36.7 Å². The second-order valence-corrected chi connectivity index (χ2v) is 7.04. The van der Waals surface area contributed by atoms with Gasteiger partial charge in [-0.2, -0.15) is 0 Å². The van der Waals surface area contributed by atoms with Crippen LogP contribution in [0.2, 0.25) is 0 Å². The van der Waals surface area contributed by atoms with Crippen molar-refractivity contribution in [2.45, 2.75) is 25.3 Å². The molecule has 1 aromatic heterocycles. The van der Waals surface area contributed by atoms with E-state index in [2.05, 4.69) is 44.8 Å². The van der Waals surface area contributed by atoms with E-state index in [4.69, 9.17) is 0 Å². The summed E-state index contributed by atoms with van der Waals surface area (Å²) in [5.74, 6) is 0.849. The molecule has 0 bridgehead atoms. The van der Waals surface area contributed by atoms with Crippen molar-refractivity contribution in [3.8, 4) is 0 Å². The van der Waals surface area contributed by atoms with Crippen LogP contribution in [-0.4, -0.2) is 48.6 Å². The van der Waals surface area contributed by atoms with Crippen molar-refractivity contribution < 1.29 is 0 Å². The number of pyridine rings is 1. The maximum absolute atomic E-state index is 4.18. The summed E-state index contributed by atoms with van der Waals surface area (Å²) in [7, 11) is 0. The van der Waals surface area contributed by atoms with E-state index in [1.54, 1.807) is 0 Å². The number of rotatable bonds is 4. The topological polar surface area (TPSA) is 40.2 Å². The van der Waals surface area contributed by atoms with Crippen molar-refractivity contribution in [2.24, 2.45) is 5.92 Å². The summed E-state index contributed by atoms with van der Waals surface area (Å²) in [6, 6.07) is 9.24. The summed E-state index contributed by atoms with van der Waals surface area (Å²) < 4.78 is 0. The number of hydrogen-bond acceptors (Lipinski definition) is 4. The van der Waals surface area contributed by atoms with Crippen LogP contribution in [-0.2, 0) is 0 Å². The predicted molar refractivity (Wildman–Crippen MR) is 95.8 cm³/mol. The molecule has 2 N–H and O–H groups in total. The van der Waals surface area contributed by atoms with E-state index < -0.39 is 0 Å². The molecule has 0 amide bonds. The first kappa shape index (κ1) is 14.9. The normalized spacial score (nSPS) is 25.7. The first-order chi connectivity index (χ1) is 11.4. The predicted octanol–water partition coefficient (Wildman–Crippen LogP) is 2.72. The third-order valence-electron chi connectivity index (χ3n) is 5.20. The molecule has 2 saturated heterocycles. The summed E-state index contributed by atoms with van der Waals surface area (Å²) in [5, 5.41) is 9.70. The highest BCUT2D eigenvalue weighted by molar-refractivity contribution is 5.84. The molecule has 2 aliphatic rings. The highest BCUT2D eigenvalue weighted by Gasteiger charge is 2.23. The average molecular weight is 310 g/mol. The van der Waals surface area contributed by atoms with Crippen LogP contribution in [0.3, 0.4) is 0 Å². The Morgan fingerprint density at radius 1 is 1.22 bits per heavy atom. The number of fused-ring (bicyclic) bond motifs is 1. The zero-order valence-corrected chi connectivity index (χ0v) is 13.7. The molecule has 4 nitrogen and oxygen atoms in total. The monoisotopic (exact) mass is 310 g/mol. The van der Waals surface area contributed by atoms with Gasteiger partial charge in [-0.25, -0.2) is 0 Å². The van der Waals surface area contributed by atoms with Gasteiger partial charge >= 0.3 is 0 Å². The highest BCUT2D eigenvalue weighted by Crippen LogP contribution is 2.22. The Bertz CT molecular complexity index is 651. The van der Waals surface area contributed by atoms with Gasteiger partial charge in [-0.1, -0.05) is 6.07 Å². The zero-order chi connectivity index (χ0) is 15.5. The molecule has 0 radical (unpaired) electrons. The number of nitrogens with one attached hydrogen (secondary N) is 2. The van der Waals surface area contributed by atoms with Gasteiger partial charge in [0.2, 0.25) is 0 Å².